The van der Waals surface area contributed by atoms with E-state index in [1.807, 2.05) is 6.07 Å². The molecule has 0 aliphatic heterocycles. The summed E-state index contributed by atoms with van der Waals surface area (Å²) in [5.74, 6) is 0. The molecule has 11 heavy (non-hydrogen) atoms. The molecule has 3 nitrogen and oxygen atoms in total. The molecule has 2 N–H and O–H groups in total. The number of hydrogen-bond donors (Lipinski definition) is 2. The summed E-state index contributed by atoms with van der Waals surface area (Å²) < 4.78 is 4.54. The second-order valence-corrected chi connectivity index (χ2v) is 2.06. The average molecular weight is 150 g/mol. The number of hydrogen-bond acceptors (Lipinski definition) is 3. The van der Waals surface area contributed by atoms with Crippen LogP contribution < -0.4 is 5.46 Å². The minimum absolute atomic E-state index is 0.476. The maximum absolute atomic E-state index is 9.14. The summed E-state index contributed by atoms with van der Waals surface area (Å²) in [6.07, 6.45) is 0. The molecule has 0 aliphatic rings. The molecule has 0 radical (unpaired) electrons. The SMILES string of the molecule is OBOB(O)c1ccccc1. The summed E-state index contributed by atoms with van der Waals surface area (Å²) in [6, 6.07) is 8.87. The van der Waals surface area contributed by atoms with E-state index in [9.17, 15) is 0 Å². The summed E-state index contributed by atoms with van der Waals surface area (Å²) in [5, 5.41) is 17.5. The van der Waals surface area contributed by atoms with E-state index in [1.54, 1.807) is 24.3 Å². The maximum atomic E-state index is 9.14. The highest BCUT2D eigenvalue weighted by molar-refractivity contribution is 6.63. The van der Waals surface area contributed by atoms with Gasteiger partial charge in [-0.2, -0.15) is 0 Å². The molecule has 56 valence electrons. The molecule has 0 amide bonds. The van der Waals surface area contributed by atoms with E-state index in [2.05, 4.69) is 4.57 Å². The molecule has 1 aromatic rings. The molecule has 0 bridgehead atoms. The first-order valence-corrected chi connectivity index (χ1v) is 3.30. The van der Waals surface area contributed by atoms with Crippen LogP contribution in [-0.2, 0) is 4.57 Å². The Labute approximate surface area is 66.1 Å². The maximum Gasteiger partial charge on any atom is 0.477 e. The van der Waals surface area contributed by atoms with E-state index < -0.39 is 14.8 Å². The van der Waals surface area contributed by atoms with Crippen molar-refractivity contribution >= 4 is 20.3 Å². The van der Waals surface area contributed by atoms with Crippen LogP contribution in [0.15, 0.2) is 30.3 Å². The van der Waals surface area contributed by atoms with Crippen LogP contribution in [0.2, 0.25) is 0 Å². The zero-order chi connectivity index (χ0) is 8.10. The van der Waals surface area contributed by atoms with E-state index in [0.717, 1.165) is 0 Å². The van der Waals surface area contributed by atoms with Crippen molar-refractivity contribution < 1.29 is 14.6 Å². The molecule has 0 spiro atoms. The van der Waals surface area contributed by atoms with Crippen molar-refractivity contribution in [2.45, 2.75) is 0 Å². The van der Waals surface area contributed by atoms with Gasteiger partial charge < -0.3 is 14.6 Å². The zero-order valence-electron chi connectivity index (χ0n) is 5.97. The molecule has 0 saturated carbocycles. The third-order valence-electron chi connectivity index (χ3n) is 1.32. The van der Waals surface area contributed by atoms with Gasteiger partial charge in [-0.15, -0.1) is 0 Å². The van der Waals surface area contributed by atoms with Crippen molar-refractivity contribution in [3.8, 4) is 0 Å². The van der Waals surface area contributed by atoms with Gasteiger partial charge in [-0.1, -0.05) is 30.3 Å². The molecule has 0 aromatic heterocycles. The predicted molar refractivity (Wildman–Crippen MR) is 44.5 cm³/mol. The summed E-state index contributed by atoms with van der Waals surface area (Å²) in [6.45, 7) is 0. The highest BCUT2D eigenvalue weighted by atomic mass is 16.5. The van der Waals surface area contributed by atoms with E-state index in [-0.39, 0.29) is 0 Å². The highest BCUT2D eigenvalue weighted by Gasteiger charge is 2.14. The van der Waals surface area contributed by atoms with E-state index in [0.29, 0.717) is 5.46 Å². The first kappa shape index (κ1) is 8.33. The lowest BCUT2D eigenvalue weighted by Crippen LogP contribution is -2.34. The molecule has 0 aliphatic carbocycles. The Hall–Kier alpha value is -0.770. The average Bonchev–Trinajstić information content (AvgIpc) is 2.07. The van der Waals surface area contributed by atoms with Crippen LogP contribution in [0, 0.1) is 0 Å². The van der Waals surface area contributed by atoms with Gasteiger partial charge in [0, 0.05) is 0 Å². The Morgan fingerprint density at radius 2 is 1.91 bits per heavy atom. The second-order valence-electron chi connectivity index (χ2n) is 2.06. The van der Waals surface area contributed by atoms with Gasteiger partial charge in [-0.05, 0) is 5.46 Å². The fourth-order valence-electron chi connectivity index (χ4n) is 0.784. The Morgan fingerprint density at radius 1 is 1.27 bits per heavy atom. The van der Waals surface area contributed by atoms with Gasteiger partial charge in [0.25, 0.3) is 0 Å². The van der Waals surface area contributed by atoms with Crippen LogP contribution in [-0.4, -0.2) is 24.9 Å². The van der Waals surface area contributed by atoms with Crippen LogP contribution >= 0.6 is 0 Å². The largest absolute Gasteiger partial charge is 0.477 e. The highest BCUT2D eigenvalue weighted by Crippen LogP contribution is 1.85. The van der Waals surface area contributed by atoms with Crippen molar-refractivity contribution in [3.05, 3.63) is 30.3 Å². The van der Waals surface area contributed by atoms with Gasteiger partial charge in [0.2, 0.25) is 0 Å². The summed E-state index contributed by atoms with van der Waals surface area (Å²) in [5.41, 5.74) is 0.640. The Kier molecular flexibility index (Phi) is 3.16. The van der Waals surface area contributed by atoms with Crippen molar-refractivity contribution in [1.29, 1.82) is 0 Å². The van der Waals surface area contributed by atoms with Crippen LogP contribution in [0.1, 0.15) is 0 Å². The topological polar surface area (TPSA) is 49.7 Å². The molecule has 0 atom stereocenters. The Morgan fingerprint density at radius 3 is 2.45 bits per heavy atom. The predicted octanol–water partition coefficient (Wildman–Crippen LogP) is -1.35. The van der Waals surface area contributed by atoms with E-state index >= 15 is 0 Å². The molecule has 1 rings (SSSR count). The third-order valence-corrected chi connectivity index (χ3v) is 1.32. The minimum atomic E-state index is -1.03. The van der Waals surface area contributed by atoms with Gasteiger partial charge >= 0.3 is 14.8 Å². The van der Waals surface area contributed by atoms with Crippen LogP contribution in [0.25, 0.3) is 0 Å². The quantitative estimate of drug-likeness (QED) is 0.523. The Bertz CT molecular complexity index is 204. The first-order chi connectivity index (χ1) is 5.34. The third kappa shape index (κ3) is 2.38. The lowest BCUT2D eigenvalue weighted by molar-refractivity contribution is 0.393. The Balaban J connectivity index is 2.61. The number of rotatable bonds is 3. The van der Waals surface area contributed by atoms with Crippen molar-refractivity contribution in [2.75, 3.05) is 0 Å². The fourth-order valence-corrected chi connectivity index (χ4v) is 0.784. The van der Waals surface area contributed by atoms with E-state index in [4.69, 9.17) is 10.0 Å². The summed E-state index contributed by atoms with van der Waals surface area (Å²) in [4.78, 5) is 0. The van der Waals surface area contributed by atoms with Gasteiger partial charge in [-0.25, -0.2) is 0 Å². The first-order valence-electron chi connectivity index (χ1n) is 3.30. The fraction of sp³-hybridized carbons (Fsp3) is 0. The van der Waals surface area contributed by atoms with Crippen LogP contribution in [0.4, 0.5) is 0 Å². The molecular formula is C6H8B2O3. The minimum Gasteiger partial charge on any atom is -0.450 e. The van der Waals surface area contributed by atoms with Gasteiger partial charge in [0.1, 0.15) is 0 Å². The lowest BCUT2D eigenvalue weighted by Gasteiger charge is -2.03. The standard InChI is InChI=1S/C6H8B2O3/c9-7-11-8(10)6-4-2-1-3-5-6/h1-5,7,9-10H. The molecule has 0 fully saturated rings. The molecule has 0 heterocycles. The smallest absolute Gasteiger partial charge is 0.450 e. The molecular weight excluding hydrogens is 142 g/mol. The van der Waals surface area contributed by atoms with Gasteiger partial charge in [0.15, 0.2) is 0 Å². The van der Waals surface area contributed by atoms with Gasteiger partial charge in [0.05, 0.1) is 0 Å². The van der Waals surface area contributed by atoms with Crippen molar-refractivity contribution in [3.63, 3.8) is 0 Å². The molecule has 0 saturated heterocycles. The molecule has 5 heteroatoms. The van der Waals surface area contributed by atoms with Crippen LogP contribution in [0.5, 0.6) is 0 Å². The van der Waals surface area contributed by atoms with E-state index in [1.165, 1.54) is 0 Å². The van der Waals surface area contributed by atoms with Gasteiger partial charge in [-0.3, -0.25) is 0 Å². The zero-order valence-corrected chi connectivity index (χ0v) is 5.97. The molecule has 1 aromatic carbocycles. The van der Waals surface area contributed by atoms with Crippen molar-refractivity contribution in [2.24, 2.45) is 0 Å². The summed E-state index contributed by atoms with van der Waals surface area (Å²) >= 11 is 0. The lowest BCUT2D eigenvalue weighted by atomic mass is 9.78. The number of benzene rings is 1. The second kappa shape index (κ2) is 4.18. The monoisotopic (exact) mass is 150 g/mol. The molecule has 0 unspecified atom stereocenters. The summed E-state index contributed by atoms with van der Waals surface area (Å²) in [7, 11) is -1.50. The van der Waals surface area contributed by atoms with Crippen LogP contribution in [0.3, 0.4) is 0 Å². The normalized spacial score (nSPS) is 9.27. The van der Waals surface area contributed by atoms with Crippen molar-refractivity contribution in [1.82, 2.24) is 0 Å².